The van der Waals surface area contributed by atoms with E-state index in [1.165, 1.54) is 12.8 Å². The topological polar surface area (TPSA) is 55.2 Å². The van der Waals surface area contributed by atoms with Crippen molar-refractivity contribution in [1.82, 2.24) is 0 Å². The molecule has 0 amide bonds. The molecule has 1 rings (SSSR count). The van der Waals surface area contributed by atoms with E-state index in [4.69, 9.17) is 0 Å². The maximum absolute atomic E-state index is 10.8. The lowest BCUT2D eigenvalue weighted by Crippen LogP contribution is -2.15. The summed E-state index contributed by atoms with van der Waals surface area (Å²) in [6.45, 7) is 6.05. The monoisotopic (exact) mass is 314 g/mol. The van der Waals surface area contributed by atoms with Crippen LogP contribution in [0.2, 0.25) is 0 Å². The number of nitrogens with one attached hydrogen (secondary N) is 1. The van der Waals surface area contributed by atoms with Gasteiger partial charge in [-0.1, -0.05) is 19.8 Å². The molecule has 0 aliphatic heterocycles. The second kappa shape index (κ2) is 6.73. The standard InChI is InChI=1S/C13H19BrN2O2/c1-4-5-6-10(3)15-12-7-9(2)13(16(17)18)8-11(12)14/h7-8,10,15H,4-6H2,1-3H3. The predicted molar refractivity (Wildman–Crippen MR) is 78.1 cm³/mol. The van der Waals surface area contributed by atoms with Gasteiger partial charge in [-0.2, -0.15) is 0 Å². The fraction of sp³-hybridized carbons (Fsp3) is 0.538. The van der Waals surface area contributed by atoms with Crippen LogP contribution in [0, 0.1) is 17.0 Å². The summed E-state index contributed by atoms with van der Waals surface area (Å²) in [5.41, 5.74) is 1.74. The van der Waals surface area contributed by atoms with Gasteiger partial charge in [0.25, 0.3) is 5.69 Å². The van der Waals surface area contributed by atoms with E-state index < -0.39 is 0 Å². The number of nitrogens with zero attached hydrogens (tertiary/aromatic N) is 1. The summed E-state index contributed by atoms with van der Waals surface area (Å²) < 4.78 is 0.739. The maximum atomic E-state index is 10.8. The van der Waals surface area contributed by atoms with Crippen LogP contribution in [0.15, 0.2) is 16.6 Å². The Labute approximate surface area is 116 Å². The van der Waals surface area contributed by atoms with Gasteiger partial charge in [-0.25, -0.2) is 0 Å². The highest BCUT2D eigenvalue weighted by Gasteiger charge is 2.14. The summed E-state index contributed by atoms with van der Waals surface area (Å²) in [6.07, 6.45) is 3.45. The van der Waals surface area contributed by atoms with Gasteiger partial charge in [0, 0.05) is 27.8 Å². The molecule has 0 radical (unpaired) electrons. The number of anilines is 1. The van der Waals surface area contributed by atoms with Gasteiger partial charge >= 0.3 is 0 Å². The Bertz CT molecular complexity index is 435. The van der Waals surface area contributed by atoms with Crippen LogP contribution in [0.5, 0.6) is 0 Å². The van der Waals surface area contributed by atoms with Gasteiger partial charge in [-0.05, 0) is 42.3 Å². The second-order valence-electron chi connectivity index (χ2n) is 4.56. The molecule has 0 spiro atoms. The third-order valence-electron chi connectivity index (χ3n) is 2.87. The molecule has 1 aromatic carbocycles. The molecule has 1 N–H and O–H groups in total. The maximum Gasteiger partial charge on any atom is 0.273 e. The molecule has 1 unspecified atom stereocenters. The Morgan fingerprint density at radius 2 is 2.17 bits per heavy atom. The number of benzene rings is 1. The normalized spacial score (nSPS) is 12.2. The van der Waals surface area contributed by atoms with Crippen LogP contribution < -0.4 is 5.32 Å². The zero-order valence-corrected chi connectivity index (χ0v) is 12.6. The molecule has 0 heterocycles. The zero-order valence-electron chi connectivity index (χ0n) is 11.0. The summed E-state index contributed by atoms with van der Waals surface area (Å²) in [6, 6.07) is 3.75. The molecule has 100 valence electrons. The van der Waals surface area contributed by atoms with Crippen LogP contribution >= 0.6 is 15.9 Å². The Kier molecular flexibility index (Phi) is 5.59. The van der Waals surface area contributed by atoms with E-state index in [1.807, 2.05) is 6.07 Å². The molecule has 0 aromatic heterocycles. The molecule has 18 heavy (non-hydrogen) atoms. The largest absolute Gasteiger partial charge is 0.382 e. The van der Waals surface area contributed by atoms with Gasteiger partial charge < -0.3 is 5.32 Å². The Morgan fingerprint density at radius 1 is 1.50 bits per heavy atom. The number of hydrogen-bond donors (Lipinski definition) is 1. The number of hydrogen-bond acceptors (Lipinski definition) is 3. The molecular formula is C13H19BrN2O2. The Morgan fingerprint density at radius 3 is 2.72 bits per heavy atom. The summed E-state index contributed by atoms with van der Waals surface area (Å²) in [5.74, 6) is 0. The van der Waals surface area contributed by atoms with Crippen molar-refractivity contribution in [3.05, 3.63) is 32.3 Å². The second-order valence-corrected chi connectivity index (χ2v) is 5.42. The molecule has 1 aromatic rings. The van der Waals surface area contributed by atoms with E-state index in [0.29, 0.717) is 11.6 Å². The van der Waals surface area contributed by atoms with Crippen molar-refractivity contribution in [2.75, 3.05) is 5.32 Å². The summed E-state index contributed by atoms with van der Waals surface area (Å²) in [4.78, 5) is 10.5. The van der Waals surface area contributed by atoms with Crippen molar-refractivity contribution in [3.8, 4) is 0 Å². The predicted octanol–water partition coefficient (Wildman–Crippen LogP) is 4.66. The van der Waals surface area contributed by atoms with Crippen molar-refractivity contribution in [2.45, 2.75) is 46.1 Å². The Hall–Kier alpha value is -1.10. The highest BCUT2D eigenvalue weighted by Crippen LogP contribution is 2.31. The molecule has 0 aliphatic carbocycles. The van der Waals surface area contributed by atoms with Crippen LogP contribution in [0.3, 0.4) is 0 Å². The lowest BCUT2D eigenvalue weighted by atomic mass is 10.1. The molecule has 5 heteroatoms. The number of unbranched alkanes of at least 4 members (excludes halogenated alkanes) is 1. The smallest absolute Gasteiger partial charge is 0.273 e. The van der Waals surface area contributed by atoms with Crippen molar-refractivity contribution in [3.63, 3.8) is 0 Å². The fourth-order valence-electron chi connectivity index (χ4n) is 1.83. The summed E-state index contributed by atoms with van der Waals surface area (Å²) in [7, 11) is 0. The quantitative estimate of drug-likeness (QED) is 0.614. The van der Waals surface area contributed by atoms with Gasteiger partial charge in [-0.15, -0.1) is 0 Å². The van der Waals surface area contributed by atoms with E-state index in [9.17, 15) is 10.1 Å². The molecule has 0 saturated carbocycles. The van der Waals surface area contributed by atoms with E-state index in [-0.39, 0.29) is 10.6 Å². The van der Waals surface area contributed by atoms with Crippen LogP contribution in [0.4, 0.5) is 11.4 Å². The van der Waals surface area contributed by atoms with Crippen LogP contribution in [0.1, 0.15) is 38.7 Å². The van der Waals surface area contributed by atoms with Crippen molar-refractivity contribution < 1.29 is 4.92 Å². The van der Waals surface area contributed by atoms with Crippen molar-refractivity contribution in [1.29, 1.82) is 0 Å². The van der Waals surface area contributed by atoms with Crippen LogP contribution in [-0.2, 0) is 0 Å². The third-order valence-corrected chi connectivity index (χ3v) is 3.53. The minimum absolute atomic E-state index is 0.147. The van der Waals surface area contributed by atoms with Gasteiger partial charge in [0.15, 0.2) is 0 Å². The molecule has 1 atom stereocenters. The lowest BCUT2D eigenvalue weighted by molar-refractivity contribution is -0.385. The molecule has 0 fully saturated rings. The van der Waals surface area contributed by atoms with E-state index in [2.05, 4.69) is 35.1 Å². The zero-order chi connectivity index (χ0) is 13.7. The van der Waals surface area contributed by atoms with Crippen molar-refractivity contribution >= 4 is 27.3 Å². The first kappa shape index (κ1) is 15.0. The van der Waals surface area contributed by atoms with Crippen LogP contribution in [-0.4, -0.2) is 11.0 Å². The average Bonchev–Trinajstić information content (AvgIpc) is 2.30. The number of rotatable bonds is 6. The SMILES string of the molecule is CCCCC(C)Nc1cc(C)c([N+](=O)[O-])cc1Br. The van der Waals surface area contributed by atoms with Gasteiger partial charge in [-0.3, -0.25) is 10.1 Å². The first-order chi connectivity index (χ1) is 8.45. The minimum atomic E-state index is -0.357. The van der Waals surface area contributed by atoms with Gasteiger partial charge in [0.2, 0.25) is 0 Å². The fourth-order valence-corrected chi connectivity index (χ4v) is 2.27. The lowest BCUT2D eigenvalue weighted by Gasteiger charge is -2.16. The molecule has 0 aliphatic rings. The average molecular weight is 315 g/mol. The number of nitro groups is 1. The molecule has 4 nitrogen and oxygen atoms in total. The van der Waals surface area contributed by atoms with E-state index in [1.54, 1.807) is 13.0 Å². The molecule has 0 saturated heterocycles. The Balaban J connectivity index is 2.84. The van der Waals surface area contributed by atoms with E-state index in [0.717, 1.165) is 16.6 Å². The van der Waals surface area contributed by atoms with Gasteiger partial charge in [0.1, 0.15) is 0 Å². The third kappa shape index (κ3) is 3.98. The molecule has 0 bridgehead atoms. The first-order valence-corrected chi connectivity index (χ1v) is 6.96. The summed E-state index contributed by atoms with van der Waals surface area (Å²) in [5, 5.41) is 14.2. The van der Waals surface area contributed by atoms with Crippen molar-refractivity contribution in [2.24, 2.45) is 0 Å². The first-order valence-electron chi connectivity index (χ1n) is 6.16. The minimum Gasteiger partial charge on any atom is -0.382 e. The van der Waals surface area contributed by atoms with E-state index >= 15 is 0 Å². The number of aryl methyl sites for hydroxylation is 1. The highest BCUT2D eigenvalue weighted by atomic mass is 79.9. The number of halogens is 1. The van der Waals surface area contributed by atoms with Gasteiger partial charge in [0.05, 0.1) is 4.92 Å². The summed E-state index contributed by atoms with van der Waals surface area (Å²) >= 11 is 3.38. The molecular weight excluding hydrogens is 296 g/mol. The highest BCUT2D eigenvalue weighted by molar-refractivity contribution is 9.10. The van der Waals surface area contributed by atoms with Crippen LogP contribution in [0.25, 0.3) is 0 Å². The number of nitro benzene ring substituents is 1.